The Morgan fingerprint density at radius 1 is 1.47 bits per heavy atom. The fraction of sp³-hybridized carbons (Fsp3) is 0.923. The molecule has 1 saturated heterocycles. The Balaban J connectivity index is 2.22. The summed E-state index contributed by atoms with van der Waals surface area (Å²) in [6, 6.07) is 0.00231. The van der Waals surface area contributed by atoms with Gasteiger partial charge in [0.1, 0.15) is 0 Å². The third kappa shape index (κ3) is 5.50. The van der Waals surface area contributed by atoms with Crippen LogP contribution in [0.4, 0.5) is 0 Å². The minimum Gasteiger partial charge on any atom is -0.381 e. The van der Waals surface area contributed by atoms with Crippen molar-refractivity contribution in [3.8, 4) is 0 Å². The third-order valence-corrected chi connectivity index (χ3v) is 3.52. The quantitative estimate of drug-likeness (QED) is 0.740. The predicted molar refractivity (Wildman–Crippen MR) is 68.7 cm³/mol. The van der Waals surface area contributed by atoms with Gasteiger partial charge in [-0.25, -0.2) is 0 Å². The van der Waals surface area contributed by atoms with E-state index in [0.717, 1.165) is 45.4 Å². The Morgan fingerprint density at radius 2 is 2.12 bits per heavy atom. The van der Waals surface area contributed by atoms with Crippen LogP contribution in [0.2, 0.25) is 0 Å². The van der Waals surface area contributed by atoms with Crippen molar-refractivity contribution in [2.24, 2.45) is 11.1 Å². The van der Waals surface area contributed by atoms with E-state index in [4.69, 9.17) is 10.5 Å². The average Bonchev–Trinajstić information content (AvgIpc) is 2.28. The molecule has 100 valence electrons. The molecule has 0 bridgehead atoms. The van der Waals surface area contributed by atoms with Gasteiger partial charge in [-0.3, -0.25) is 4.79 Å². The molecular formula is C13H26N2O2. The maximum atomic E-state index is 11.7. The second-order valence-corrected chi connectivity index (χ2v) is 5.45. The number of carbonyl (C=O) groups is 1. The van der Waals surface area contributed by atoms with Gasteiger partial charge in [0.2, 0.25) is 5.91 Å². The van der Waals surface area contributed by atoms with Gasteiger partial charge < -0.3 is 15.8 Å². The molecule has 1 unspecified atom stereocenters. The fourth-order valence-electron chi connectivity index (χ4n) is 2.14. The van der Waals surface area contributed by atoms with Gasteiger partial charge >= 0.3 is 0 Å². The number of ether oxygens (including phenoxy) is 1. The number of carbonyl (C=O) groups excluding carboxylic acids is 1. The van der Waals surface area contributed by atoms with Crippen molar-refractivity contribution in [1.29, 1.82) is 0 Å². The molecule has 3 N–H and O–H groups in total. The largest absolute Gasteiger partial charge is 0.381 e. The zero-order chi connectivity index (χ0) is 12.7. The van der Waals surface area contributed by atoms with Gasteiger partial charge in [-0.2, -0.15) is 0 Å². The van der Waals surface area contributed by atoms with Crippen LogP contribution in [0.15, 0.2) is 0 Å². The molecule has 1 fully saturated rings. The number of hydrogen-bond acceptors (Lipinski definition) is 3. The molecule has 1 aliphatic rings. The summed E-state index contributed by atoms with van der Waals surface area (Å²) in [5.74, 6) is 0.0821. The second kappa shape index (κ2) is 6.97. The summed E-state index contributed by atoms with van der Waals surface area (Å²) >= 11 is 0. The standard InChI is InChI=1S/C13H26N2O2/c1-3-4-11(14)9-12(16)15-10-13(2)5-7-17-8-6-13/h11H,3-10,14H2,1-2H3,(H,15,16). The third-order valence-electron chi connectivity index (χ3n) is 3.52. The molecular weight excluding hydrogens is 216 g/mol. The SMILES string of the molecule is CCCC(N)CC(=O)NCC1(C)CCOCC1. The zero-order valence-corrected chi connectivity index (χ0v) is 11.1. The van der Waals surface area contributed by atoms with Gasteiger partial charge in [-0.1, -0.05) is 20.3 Å². The van der Waals surface area contributed by atoms with Crippen molar-refractivity contribution in [2.45, 2.75) is 52.0 Å². The maximum absolute atomic E-state index is 11.7. The number of nitrogens with one attached hydrogen (secondary N) is 1. The minimum absolute atomic E-state index is 0.00231. The molecule has 4 nitrogen and oxygen atoms in total. The summed E-state index contributed by atoms with van der Waals surface area (Å²) in [7, 11) is 0. The van der Waals surface area contributed by atoms with Crippen molar-refractivity contribution >= 4 is 5.91 Å². The Kier molecular flexibility index (Phi) is 5.92. The summed E-state index contributed by atoms with van der Waals surface area (Å²) in [5, 5.41) is 3.01. The summed E-state index contributed by atoms with van der Waals surface area (Å²) in [6.45, 7) is 6.65. The van der Waals surface area contributed by atoms with Gasteiger partial charge in [0, 0.05) is 32.2 Å². The van der Waals surface area contributed by atoms with E-state index < -0.39 is 0 Å². The summed E-state index contributed by atoms with van der Waals surface area (Å²) in [6.07, 6.45) is 4.44. The van der Waals surface area contributed by atoms with Crippen molar-refractivity contribution in [3.63, 3.8) is 0 Å². The molecule has 0 spiro atoms. The lowest BCUT2D eigenvalue weighted by Gasteiger charge is -2.33. The lowest BCUT2D eigenvalue weighted by molar-refractivity contribution is -0.122. The van der Waals surface area contributed by atoms with Crippen LogP contribution in [0.5, 0.6) is 0 Å². The summed E-state index contributed by atoms with van der Waals surface area (Å²) < 4.78 is 5.34. The molecule has 0 radical (unpaired) electrons. The second-order valence-electron chi connectivity index (χ2n) is 5.45. The van der Waals surface area contributed by atoms with Crippen LogP contribution in [0.25, 0.3) is 0 Å². The van der Waals surface area contributed by atoms with E-state index in [1.807, 2.05) is 0 Å². The molecule has 0 saturated carbocycles. The fourth-order valence-corrected chi connectivity index (χ4v) is 2.14. The van der Waals surface area contributed by atoms with E-state index >= 15 is 0 Å². The maximum Gasteiger partial charge on any atom is 0.221 e. The number of rotatable bonds is 6. The highest BCUT2D eigenvalue weighted by atomic mass is 16.5. The molecule has 17 heavy (non-hydrogen) atoms. The van der Waals surface area contributed by atoms with E-state index in [-0.39, 0.29) is 17.4 Å². The summed E-state index contributed by atoms with van der Waals surface area (Å²) in [4.78, 5) is 11.7. The summed E-state index contributed by atoms with van der Waals surface area (Å²) in [5.41, 5.74) is 6.04. The monoisotopic (exact) mass is 242 g/mol. The van der Waals surface area contributed by atoms with Gasteiger partial charge in [0.15, 0.2) is 0 Å². The molecule has 1 aliphatic heterocycles. The van der Waals surface area contributed by atoms with E-state index in [9.17, 15) is 4.79 Å². The predicted octanol–water partition coefficient (Wildman–Crippen LogP) is 1.44. The van der Waals surface area contributed by atoms with Gasteiger partial charge in [-0.15, -0.1) is 0 Å². The van der Waals surface area contributed by atoms with E-state index in [1.165, 1.54) is 0 Å². The number of hydrogen-bond donors (Lipinski definition) is 2. The average molecular weight is 242 g/mol. The first-order chi connectivity index (χ1) is 8.06. The Morgan fingerprint density at radius 3 is 2.71 bits per heavy atom. The van der Waals surface area contributed by atoms with Crippen molar-refractivity contribution in [1.82, 2.24) is 5.32 Å². The van der Waals surface area contributed by atoms with Crippen LogP contribution >= 0.6 is 0 Å². The van der Waals surface area contributed by atoms with Gasteiger partial charge in [0.25, 0.3) is 0 Å². The molecule has 0 aromatic rings. The lowest BCUT2D eigenvalue weighted by atomic mass is 9.82. The van der Waals surface area contributed by atoms with Crippen LogP contribution < -0.4 is 11.1 Å². The zero-order valence-electron chi connectivity index (χ0n) is 11.1. The topological polar surface area (TPSA) is 64.4 Å². The van der Waals surface area contributed by atoms with E-state index in [0.29, 0.717) is 6.42 Å². The Bertz CT molecular complexity index is 238. The molecule has 1 rings (SSSR count). The molecule has 1 heterocycles. The lowest BCUT2D eigenvalue weighted by Crippen LogP contribution is -2.41. The highest BCUT2D eigenvalue weighted by molar-refractivity contribution is 5.76. The van der Waals surface area contributed by atoms with Crippen LogP contribution in [-0.2, 0) is 9.53 Å². The molecule has 0 aliphatic carbocycles. The Labute approximate surface area is 104 Å². The molecule has 4 heteroatoms. The number of amides is 1. The smallest absolute Gasteiger partial charge is 0.221 e. The first kappa shape index (κ1) is 14.5. The van der Waals surface area contributed by atoms with Crippen molar-refractivity contribution < 1.29 is 9.53 Å². The first-order valence-electron chi connectivity index (χ1n) is 6.66. The highest BCUT2D eigenvalue weighted by Gasteiger charge is 2.27. The van der Waals surface area contributed by atoms with E-state index in [1.54, 1.807) is 0 Å². The van der Waals surface area contributed by atoms with Crippen molar-refractivity contribution in [2.75, 3.05) is 19.8 Å². The number of nitrogens with two attached hydrogens (primary N) is 1. The van der Waals surface area contributed by atoms with Crippen LogP contribution in [0.3, 0.4) is 0 Å². The van der Waals surface area contributed by atoms with Crippen molar-refractivity contribution in [3.05, 3.63) is 0 Å². The van der Waals surface area contributed by atoms with Crippen LogP contribution in [0.1, 0.15) is 46.0 Å². The Hall–Kier alpha value is -0.610. The van der Waals surface area contributed by atoms with Gasteiger partial charge in [0.05, 0.1) is 0 Å². The molecule has 0 aromatic heterocycles. The highest BCUT2D eigenvalue weighted by Crippen LogP contribution is 2.28. The van der Waals surface area contributed by atoms with Crippen LogP contribution in [-0.4, -0.2) is 31.7 Å². The molecule has 0 aromatic carbocycles. The molecule has 1 atom stereocenters. The normalized spacial score (nSPS) is 20.9. The van der Waals surface area contributed by atoms with E-state index in [2.05, 4.69) is 19.2 Å². The first-order valence-corrected chi connectivity index (χ1v) is 6.66. The molecule has 1 amide bonds. The van der Waals surface area contributed by atoms with Crippen LogP contribution in [0, 0.1) is 5.41 Å². The minimum atomic E-state index is 0.00231. The van der Waals surface area contributed by atoms with Gasteiger partial charge in [-0.05, 0) is 24.7 Å².